The molecule has 0 unspecified atom stereocenters. The molecule has 7 heteroatoms. The van der Waals surface area contributed by atoms with E-state index in [4.69, 9.17) is 10.5 Å². The Balaban J connectivity index is 2.59. The number of amides is 1. The van der Waals surface area contributed by atoms with Gasteiger partial charge < -0.3 is 10.5 Å². The number of hydrogen-bond acceptors (Lipinski definition) is 5. The van der Waals surface area contributed by atoms with E-state index in [0.717, 1.165) is 0 Å². The molecule has 0 saturated heterocycles. The molecule has 2 heterocycles. The zero-order valence-electron chi connectivity index (χ0n) is 9.41. The minimum atomic E-state index is -0.641. The van der Waals surface area contributed by atoms with Gasteiger partial charge in [0.25, 0.3) is 5.91 Å². The maximum atomic E-state index is 11.2. The summed E-state index contributed by atoms with van der Waals surface area (Å²) < 4.78 is 6.53. The van der Waals surface area contributed by atoms with Crippen LogP contribution in [0.1, 0.15) is 10.5 Å². The first-order chi connectivity index (χ1) is 8.13. The van der Waals surface area contributed by atoms with Gasteiger partial charge in [-0.25, -0.2) is 4.68 Å². The molecule has 17 heavy (non-hydrogen) atoms. The van der Waals surface area contributed by atoms with E-state index in [1.807, 2.05) is 0 Å². The molecule has 88 valence electrons. The number of aryl methyl sites for hydroxylation is 1. The monoisotopic (exact) mass is 233 g/mol. The summed E-state index contributed by atoms with van der Waals surface area (Å²) in [5, 5.41) is 7.46. The van der Waals surface area contributed by atoms with Crippen molar-refractivity contribution in [3.63, 3.8) is 0 Å². The van der Waals surface area contributed by atoms with Crippen molar-refractivity contribution in [2.24, 2.45) is 12.8 Å². The highest BCUT2D eigenvalue weighted by atomic mass is 16.5. The zero-order valence-corrected chi connectivity index (χ0v) is 9.41. The number of carbonyl (C=O) groups is 1. The third-order valence-electron chi connectivity index (χ3n) is 2.27. The molecule has 0 aromatic carbocycles. The summed E-state index contributed by atoms with van der Waals surface area (Å²) in [5.74, 6) is -0.00987. The molecule has 0 radical (unpaired) electrons. The average molecular weight is 233 g/mol. The lowest BCUT2D eigenvalue weighted by Gasteiger charge is -2.04. The van der Waals surface area contributed by atoms with Crippen LogP contribution in [-0.4, -0.2) is 33.0 Å². The first-order valence-corrected chi connectivity index (χ1v) is 4.83. The molecule has 0 saturated carbocycles. The highest BCUT2D eigenvalue weighted by Gasteiger charge is 2.18. The summed E-state index contributed by atoms with van der Waals surface area (Å²) in [6.07, 6.45) is 1.58. The average Bonchev–Trinajstić information content (AvgIpc) is 2.71. The van der Waals surface area contributed by atoms with Gasteiger partial charge in [0.1, 0.15) is 11.4 Å². The molecule has 7 nitrogen and oxygen atoms in total. The lowest BCUT2D eigenvalue weighted by Crippen LogP contribution is -2.13. The van der Waals surface area contributed by atoms with Crippen molar-refractivity contribution in [2.45, 2.75) is 0 Å². The lowest BCUT2D eigenvalue weighted by atomic mass is 10.2. The van der Waals surface area contributed by atoms with Crippen LogP contribution in [0.25, 0.3) is 11.4 Å². The molecule has 0 aliphatic carbocycles. The van der Waals surface area contributed by atoms with Gasteiger partial charge >= 0.3 is 0 Å². The first-order valence-electron chi connectivity index (χ1n) is 4.83. The summed E-state index contributed by atoms with van der Waals surface area (Å²) >= 11 is 0. The second kappa shape index (κ2) is 4.20. The second-order valence-electron chi connectivity index (χ2n) is 3.36. The van der Waals surface area contributed by atoms with E-state index in [0.29, 0.717) is 17.1 Å². The van der Waals surface area contributed by atoms with Crippen LogP contribution < -0.4 is 10.5 Å². The van der Waals surface area contributed by atoms with Gasteiger partial charge in [-0.05, 0) is 6.07 Å². The number of aromatic nitrogens is 4. The van der Waals surface area contributed by atoms with E-state index in [1.165, 1.54) is 4.68 Å². The molecule has 0 aliphatic heterocycles. The van der Waals surface area contributed by atoms with Gasteiger partial charge in [0.05, 0.1) is 12.8 Å². The van der Waals surface area contributed by atoms with Gasteiger partial charge in [0.15, 0.2) is 5.69 Å². The van der Waals surface area contributed by atoms with Crippen molar-refractivity contribution in [1.29, 1.82) is 0 Å². The molecule has 1 amide bonds. The van der Waals surface area contributed by atoms with E-state index in [2.05, 4.69) is 15.3 Å². The van der Waals surface area contributed by atoms with Crippen LogP contribution in [0.2, 0.25) is 0 Å². The number of rotatable bonds is 3. The van der Waals surface area contributed by atoms with Crippen molar-refractivity contribution < 1.29 is 9.53 Å². The fourth-order valence-electron chi connectivity index (χ4n) is 1.48. The van der Waals surface area contributed by atoms with Gasteiger partial charge in [-0.1, -0.05) is 5.21 Å². The Morgan fingerprint density at radius 1 is 1.53 bits per heavy atom. The highest BCUT2D eigenvalue weighted by Crippen LogP contribution is 2.22. The quantitative estimate of drug-likeness (QED) is 0.804. The van der Waals surface area contributed by atoms with E-state index in [9.17, 15) is 4.79 Å². The van der Waals surface area contributed by atoms with Gasteiger partial charge in [-0.15, -0.1) is 5.10 Å². The minimum Gasteiger partial charge on any atom is -0.497 e. The number of primary amides is 1. The van der Waals surface area contributed by atoms with Crippen LogP contribution in [0.3, 0.4) is 0 Å². The molecule has 2 N–H and O–H groups in total. The Labute approximate surface area is 97.2 Å². The first kappa shape index (κ1) is 11.1. The van der Waals surface area contributed by atoms with Crippen molar-refractivity contribution in [3.05, 3.63) is 24.0 Å². The van der Waals surface area contributed by atoms with E-state index in [-0.39, 0.29) is 5.69 Å². The van der Waals surface area contributed by atoms with Crippen molar-refractivity contribution in [3.8, 4) is 17.1 Å². The number of methoxy groups -OCH3 is 1. The van der Waals surface area contributed by atoms with Crippen molar-refractivity contribution >= 4 is 5.91 Å². The summed E-state index contributed by atoms with van der Waals surface area (Å²) in [7, 11) is 3.21. The molecule has 0 bridgehead atoms. The topological polar surface area (TPSA) is 95.9 Å². The number of pyridine rings is 1. The van der Waals surface area contributed by atoms with Crippen LogP contribution in [0.4, 0.5) is 0 Å². The molecular formula is C10H11N5O2. The van der Waals surface area contributed by atoms with Gasteiger partial charge in [-0.2, -0.15) is 0 Å². The fraction of sp³-hybridized carbons (Fsp3) is 0.200. The third kappa shape index (κ3) is 1.94. The molecule has 0 atom stereocenters. The van der Waals surface area contributed by atoms with Gasteiger partial charge in [-0.3, -0.25) is 9.78 Å². The summed E-state index contributed by atoms with van der Waals surface area (Å²) in [6, 6.07) is 3.39. The number of ether oxygens (including phenoxy) is 1. The van der Waals surface area contributed by atoms with E-state index >= 15 is 0 Å². The van der Waals surface area contributed by atoms with Crippen LogP contribution >= 0.6 is 0 Å². The van der Waals surface area contributed by atoms with E-state index in [1.54, 1.807) is 32.5 Å². The number of carbonyl (C=O) groups excluding carboxylic acids is 1. The molecule has 0 fully saturated rings. The predicted octanol–water partition coefficient (Wildman–Crippen LogP) is -0.0154. The van der Waals surface area contributed by atoms with Crippen LogP contribution in [0.5, 0.6) is 5.75 Å². The van der Waals surface area contributed by atoms with Crippen molar-refractivity contribution in [2.75, 3.05) is 7.11 Å². The largest absolute Gasteiger partial charge is 0.497 e. The number of nitrogens with two attached hydrogens (primary N) is 1. The molecule has 0 aliphatic rings. The normalized spacial score (nSPS) is 10.2. The summed E-state index contributed by atoms with van der Waals surface area (Å²) in [6.45, 7) is 0. The summed E-state index contributed by atoms with van der Waals surface area (Å²) in [4.78, 5) is 15.4. The SMILES string of the molecule is COc1ccnc(-c2c(C(N)=O)nnn2C)c1. The van der Waals surface area contributed by atoms with Gasteiger partial charge in [0, 0.05) is 19.3 Å². The Morgan fingerprint density at radius 2 is 2.29 bits per heavy atom. The Kier molecular flexibility index (Phi) is 2.73. The summed E-state index contributed by atoms with van der Waals surface area (Å²) in [5.41, 5.74) is 6.31. The van der Waals surface area contributed by atoms with Crippen LogP contribution in [0, 0.1) is 0 Å². The highest BCUT2D eigenvalue weighted by molar-refractivity contribution is 5.96. The molecule has 0 spiro atoms. The number of nitrogens with zero attached hydrogens (tertiary/aromatic N) is 4. The molecule has 2 aromatic rings. The zero-order chi connectivity index (χ0) is 12.4. The Bertz CT molecular complexity index is 564. The fourth-order valence-corrected chi connectivity index (χ4v) is 1.48. The van der Waals surface area contributed by atoms with Crippen LogP contribution in [0.15, 0.2) is 18.3 Å². The Hall–Kier alpha value is -2.44. The molecular weight excluding hydrogens is 222 g/mol. The van der Waals surface area contributed by atoms with Crippen molar-refractivity contribution in [1.82, 2.24) is 20.0 Å². The van der Waals surface area contributed by atoms with Gasteiger partial charge in [0.2, 0.25) is 0 Å². The molecule has 2 aromatic heterocycles. The number of hydrogen-bond donors (Lipinski definition) is 1. The predicted molar refractivity (Wildman–Crippen MR) is 59.3 cm³/mol. The Morgan fingerprint density at radius 3 is 2.94 bits per heavy atom. The third-order valence-corrected chi connectivity index (χ3v) is 2.27. The molecule has 2 rings (SSSR count). The minimum absolute atomic E-state index is 0.0910. The maximum absolute atomic E-state index is 11.2. The lowest BCUT2D eigenvalue weighted by molar-refractivity contribution is 0.0996. The van der Waals surface area contributed by atoms with Crippen LogP contribution in [-0.2, 0) is 7.05 Å². The van der Waals surface area contributed by atoms with E-state index < -0.39 is 5.91 Å². The maximum Gasteiger partial charge on any atom is 0.271 e. The smallest absolute Gasteiger partial charge is 0.271 e. The standard InChI is InChI=1S/C10H11N5O2/c1-15-9(8(10(11)16)13-14-15)7-5-6(17-2)3-4-12-7/h3-5H,1-2H3,(H2,11,16). The second-order valence-corrected chi connectivity index (χ2v) is 3.36.